The van der Waals surface area contributed by atoms with E-state index >= 15 is 0 Å². The molecule has 0 aliphatic carbocycles. The monoisotopic (exact) mass is 188 g/mol. The molecule has 0 atom stereocenters. The Hall–Kier alpha value is -2.10. The summed E-state index contributed by atoms with van der Waals surface area (Å²) >= 11 is 0. The van der Waals surface area contributed by atoms with Gasteiger partial charge in [0.25, 0.3) is 5.89 Å². The predicted molar refractivity (Wildman–Crippen MR) is 50.9 cm³/mol. The van der Waals surface area contributed by atoms with E-state index in [0.717, 1.165) is 5.69 Å². The molecule has 0 unspecified atom stereocenters. The highest BCUT2D eigenvalue weighted by atomic mass is 16.3. The van der Waals surface area contributed by atoms with Crippen molar-refractivity contribution in [3.8, 4) is 0 Å². The molecule has 0 aliphatic rings. The summed E-state index contributed by atoms with van der Waals surface area (Å²) in [6.07, 6.45) is 2.79. The average molecular weight is 188 g/mol. The number of hydrogen-bond acceptors (Lipinski definition) is 3. The molecule has 0 fully saturated rings. The molecule has 0 radical (unpaired) electrons. The Labute approximate surface area is 80.6 Å². The molecule has 14 heavy (non-hydrogen) atoms. The zero-order valence-electron chi connectivity index (χ0n) is 7.31. The van der Waals surface area contributed by atoms with Crippen molar-refractivity contribution in [1.82, 2.24) is 4.98 Å². The number of benzene rings is 1. The fourth-order valence-electron chi connectivity index (χ4n) is 1.04. The molecule has 0 bridgehead atoms. The van der Waals surface area contributed by atoms with Gasteiger partial charge in [-0.2, -0.15) is 0 Å². The average Bonchev–Trinajstić information content (AvgIpc) is 2.72. The Morgan fingerprint density at radius 1 is 1.29 bits per heavy atom. The van der Waals surface area contributed by atoms with Crippen LogP contribution in [0.2, 0.25) is 0 Å². The molecular formula is C10H8N2O2. The maximum atomic E-state index is 11.4. The first-order valence-corrected chi connectivity index (χ1v) is 4.12. The number of rotatable bonds is 2. The van der Waals surface area contributed by atoms with Gasteiger partial charge < -0.3 is 9.73 Å². The van der Waals surface area contributed by atoms with Gasteiger partial charge in [0, 0.05) is 5.69 Å². The van der Waals surface area contributed by atoms with E-state index in [4.69, 9.17) is 4.42 Å². The fourth-order valence-corrected chi connectivity index (χ4v) is 1.04. The fraction of sp³-hybridized carbons (Fsp3) is 0. The third-order valence-electron chi connectivity index (χ3n) is 1.66. The number of aromatic nitrogens is 1. The molecule has 4 heteroatoms. The molecule has 0 saturated heterocycles. The van der Waals surface area contributed by atoms with E-state index in [1.165, 1.54) is 12.5 Å². The van der Waals surface area contributed by atoms with Crippen LogP contribution >= 0.6 is 0 Å². The summed E-state index contributed by atoms with van der Waals surface area (Å²) in [4.78, 5) is 15.1. The molecular weight excluding hydrogens is 180 g/mol. The molecule has 4 nitrogen and oxygen atoms in total. The minimum Gasteiger partial charge on any atom is -0.441 e. The molecule has 1 heterocycles. The smallest absolute Gasteiger partial charge is 0.311 e. The van der Waals surface area contributed by atoms with E-state index < -0.39 is 0 Å². The lowest BCUT2D eigenvalue weighted by Gasteiger charge is -2.00. The summed E-state index contributed by atoms with van der Waals surface area (Å²) in [5.74, 6) is -0.282. The molecule has 0 aliphatic heterocycles. The van der Waals surface area contributed by atoms with E-state index in [1.54, 1.807) is 12.1 Å². The number of hydrogen-bond donors (Lipinski definition) is 1. The number of para-hydroxylation sites is 1. The van der Waals surface area contributed by atoms with Crippen molar-refractivity contribution in [3.63, 3.8) is 0 Å². The predicted octanol–water partition coefficient (Wildman–Crippen LogP) is 1.93. The number of nitrogens with one attached hydrogen (secondary N) is 1. The van der Waals surface area contributed by atoms with Crippen LogP contribution < -0.4 is 5.32 Å². The standard InChI is InChI=1S/C10H8N2O2/c13-9(10-11-6-7-14-10)12-8-4-2-1-3-5-8/h1-7H,(H,12,13). The first kappa shape index (κ1) is 8.50. The molecule has 0 spiro atoms. The van der Waals surface area contributed by atoms with Crippen LogP contribution in [0.25, 0.3) is 0 Å². The molecule has 1 amide bonds. The van der Waals surface area contributed by atoms with Crippen LogP contribution in [-0.2, 0) is 0 Å². The number of nitrogens with zero attached hydrogens (tertiary/aromatic N) is 1. The third-order valence-corrected chi connectivity index (χ3v) is 1.66. The van der Waals surface area contributed by atoms with E-state index in [0.29, 0.717) is 0 Å². The SMILES string of the molecule is O=C(Nc1ccccc1)c1ncco1. The van der Waals surface area contributed by atoms with E-state index in [1.807, 2.05) is 18.2 Å². The topological polar surface area (TPSA) is 55.1 Å². The van der Waals surface area contributed by atoms with Crippen LogP contribution in [0.15, 0.2) is 47.2 Å². The summed E-state index contributed by atoms with van der Waals surface area (Å²) < 4.78 is 4.84. The first-order chi connectivity index (χ1) is 6.86. The number of amides is 1. The number of oxazole rings is 1. The lowest BCUT2D eigenvalue weighted by atomic mass is 10.3. The Morgan fingerprint density at radius 2 is 2.07 bits per heavy atom. The second kappa shape index (κ2) is 3.74. The van der Waals surface area contributed by atoms with Gasteiger partial charge >= 0.3 is 5.91 Å². The molecule has 70 valence electrons. The van der Waals surface area contributed by atoms with E-state index in [9.17, 15) is 4.79 Å². The third kappa shape index (κ3) is 1.80. The maximum Gasteiger partial charge on any atom is 0.311 e. The van der Waals surface area contributed by atoms with Crippen LogP contribution in [0.1, 0.15) is 10.7 Å². The van der Waals surface area contributed by atoms with Crippen molar-refractivity contribution in [1.29, 1.82) is 0 Å². The van der Waals surface area contributed by atoms with Crippen LogP contribution in [0.4, 0.5) is 5.69 Å². The zero-order valence-corrected chi connectivity index (χ0v) is 7.31. The van der Waals surface area contributed by atoms with Crippen molar-refractivity contribution in [3.05, 3.63) is 48.7 Å². The van der Waals surface area contributed by atoms with Crippen molar-refractivity contribution in [2.45, 2.75) is 0 Å². The van der Waals surface area contributed by atoms with Crippen molar-refractivity contribution in [2.24, 2.45) is 0 Å². The Bertz CT molecular complexity index is 409. The van der Waals surface area contributed by atoms with E-state index in [-0.39, 0.29) is 11.8 Å². The van der Waals surface area contributed by atoms with Crippen molar-refractivity contribution < 1.29 is 9.21 Å². The lowest BCUT2D eigenvalue weighted by molar-refractivity contribution is 0.0990. The highest BCUT2D eigenvalue weighted by Gasteiger charge is 2.09. The number of carbonyl (C=O) groups excluding carboxylic acids is 1. The Kier molecular flexibility index (Phi) is 2.27. The summed E-state index contributed by atoms with van der Waals surface area (Å²) in [7, 11) is 0. The molecule has 1 aromatic carbocycles. The quantitative estimate of drug-likeness (QED) is 0.783. The minimum absolute atomic E-state index is 0.0638. The van der Waals surface area contributed by atoms with Gasteiger partial charge in [0.2, 0.25) is 0 Å². The Morgan fingerprint density at radius 3 is 2.71 bits per heavy atom. The number of carbonyl (C=O) groups is 1. The van der Waals surface area contributed by atoms with Gasteiger partial charge in [-0.3, -0.25) is 4.79 Å². The van der Waals surface area contributed by atoms with Gasteiger partial charge in [-0.1, -0.05) is 18.2 Å². The van der Waals surface area contributed by atoms with Crippen LogP contribution in [0.5, 0.6) is 0 Å². The summed E-state index contributed by atoms with van der Waals surface area (Å²) in [6, 6.07) is 9.14. The lowest BCUT2D eigenvalue weighted by Crippen LogP contribution is -2.11. The normalized spacial score (nSPS) is 9.71. The maximum absolute atomic E-state index is 11.4. The molecule has 1 N–H and O–H groups in total. The van der Waals surface area contributed by atoms with Crippen LogP contribution in [0.3, 0.4) is 0 Å². The summed E-state index contributed by atoms with van der Waals surface area (Å²) in [5, 5.41) is 2.65. The van der Waals surface area contributed by atoms with Gasteiger partial charge in [-0.15, -0.1) is 0 Å². The molecule has 2 rings (SSSR count). The summed E-state index contributed by atoms with van der Waals surface area (Å²) in [6.45, 7) is 0. The van der Waals surface area contributed by atoms with Gasteiger partial charge in [0.1, 0.15) is 6.26 Å². The van der Waals surface area contributed by atoms with Gasteiger partial charge in [0.05, 0.1) is 6.20 Å². The van der Waals surface area contributed by atoms with Crippen molar-refractivity contribution in [2.75, 3.05) is 5.32 Å². The number of anilines is 1. The highest BCUT2D eigenvalue weighted by molar-refractivity contribution is 6.00. The zero-order chi connectivity index (χ0) is 9.80. The largest absolute Gasteiger partial charge is 0.441 e. The first-order valence-electron chi connectivity index (χ1n) is 4.12. The minimum atomic E-state index is -0.346. The second-order valence-corrected chi connectivity index (χ2v) is 2.66. The molecule has 0 saturated carbocycles. The van der Waals surface area contributed by atoms with Gasteiger partial charge in [-0.05, 0) is 12.1 Å². The molecule has 2 aromatic rings. The van der Waals surface area contributed by atoms with Gasteiger partial charge in [0.15, 0.2) is 0 Å². The molecule has 1 aromatic heterocycles. The summed E-state index contributed by atoms with van der Waals surface area (Å²) in [5.41, 5.74) is 0.718. The van der Waals surface area contributed by atoms with E-state index in [2.05, 4.69) is 10.3 Å². The second-order valence-electron chi connectivity index (χ2n) is 2.66. The van der Waals surface area contributed by atoms with Gasteiger partial charge in [-0.25, -0.2) is 4.98 Å². The van der Waals surface area contributed by atoms with Crippen LogP contribution in [0, 0.1) is 0 Å². The van der Waals surface area contributed by atoms with Crippen molar-refractivity contribution >= 4 is 11.6 Å². The highest BCUT2D eigenvalue weighted by Crippen LogP contribution is 2.06. The Balaban J connectivity index is 2.10. The van der Waals surface area contributed by atoms with Crippen LogP contribution in [-0.4, -0.2) is 10.9 Å².